The number of nitrogens with two attached hydrogens (primary N) is 2. The van der Waals surface area contributed by atoms with Crippen molar-refractivity contribution in [1.82, 2.24) is 4.90 Å². The molecule has 0 fully saturated rings. The molecule has 0 aliphatic carbocycles. The first kappa shape index (κ1) is 15.9. The molecule has 0 unspecified atom stereocenters. The molecule has 0 aromatic heterocycles. The number of thiocarbonyl (C=S) groups is 1. The molecule has 5 N–H and O–H groups in total. The molecule has 0 bridgehead atoms. The molecule has 0 rings (SSSR count). The van der Waals surface area contributed by atoms with Gasteiger partial charge in [-0.15, -0.1) is 0 Å². The van der Waals surface area contributed by atoms with E-state index in [1.54, 1.807) is 0 Å². The maximum Gasteiger partial charge on any atom is 0.194 e. The average Bonchev–Trinajstić information content (AvgIpc) is 2.02. The van der Waals surface area contributed by atoms with Crippen LogP contribution in [0.25, 0.3) is 0 Å². The van der Waals surface area contributed by atoms with Gasteiger partial charge >= 0.3 is 0 Å². The van der Waals surface area contributed by atoms with E-state index in [4.69, 9.17) is 31.9 Å². The lowest BCUT2D eigenvalue weighted by molar-refractivity contribution is -0.415. The number of hydrogen-bond donors (Lipinski definition) is 3. The van der Waals surface area contributed by atoms with Gasteiger partial charge in [0.25, 0.3) is 0 Å². The molecule has 0 aliphatic heterocycles. The molecule has 88 valence electrons. The Labute approximate surface area is 93.2 Å². The Balaban J connectivity index is 0. The van der Waals surface area contributed by atoms with Crippen LogP contribution >= 0.6 is 12.2 Å². The zero-order valence-corrected chi connectivity index (χ0v) is 9.17. The fraction of sp³-hybridized carbons (Fsp3) is 0.571. The molecule has 15 heavy (non-hydrogen) atoms. The summed E-state index contributed by atoms with van der Waals surface area (Å²) < 4.78 is 0. The van der Waals surface area contributed by atoms with E-state index in [2.05, 4.69) is 19.1 Å². The first-order chi connectivity index (χ1) is 6.82. The highest BCUT2D eigenvalue weighted by molar-refractivity contribution is 7.80. The summed E-state index contributed by atoms with van der Waals surface area (Å²) in [5.41, 5.74) is 10.5. The highest BCUT2D eigenvalue weighted by Crippen LogP contribution is 1.93. The average molecular weight is 234 g/mol. The topological polar surface area (TPSA) is 142 Å². The van der Waals surface area contributed by atoms with Crippen molar-refractivity contribution in [2.45, 2.75) is 19.8 Å². The molecule has 0 aromatic carbocycles. The molecule has 0 saturated carbocycles. The van der Waals surface area contributed by atoms with Crippen LogP contribution in [0.15, 0.2) is 0 Å². The van der Waals surface area contributed by atoms with Crippen LogP contribution in [-0.2, 0) is 0 Å². The standard InChI is InChI=1S/C6H14N4S.CH2O3/c1-2-3-4-10(5(7)8)6(9)11;2-1(3)4/h2-4H2,1H3,(H3,7,8)(H2,9,11);(H2,2,3,4)/p-2. The maximum absolute atomic E-state index is 8.33. The number of hydrogen-bond acceptors (Lipinski definition) is 5. The zero-order valence-electron chi connectivity index (χ0n) is 8.36. The molecule has 0 radical (unpaired) electrons. The smallest absolute Gasteiger partial charge is 0.194 e. The number of carbonyl (C=O) groups excluding carboxylic acids is 1. The van der Waals surface area contributed by atoms with Gasteiger partial charge in [0.15, 0.2) is 11.1 Å². The minimum Gasteiger partial charge on any atom is -0.652 e. The number of nitrogens with zero attached hydrogens (tertiary/aromatic N) is 1. The van der Waals surface area contributed by atoms with Crippen molar-refractivity contribution >= 4 is 29.4 Å². The van der Waals surface area contributed by atoms with Crippen LogP contribution < -0.4 is 21.7 Å². The van der Waals surface area contributed by atoms with Gasteiger partial charge in [-0.1, -0.05) is 13.3 Å². The SMILES string of the molecule is CCCCN(C(=N)N)C(N)=S.O=C([O-])[O-]. The van der Waals surface area contributed by atoms with E-state index in [0.29, 0.717) is 6.54 Å². The van der Waals surface area contributed by atoms with E-state index in [9.17, 15) is 0 Å². The molecular formula is C7H14N4O3S-2. The third-order valence-corrected chi connectivity index (χ3v) is 1.51. The number of unbranched alkanes of at least 4 members (excludes halogenated alkanes) is 1. The Bertz CT molecular complexity index is 216. The van der Waals surface area contributed by atoms with Crippen molar-refractivity contribution in [3.8, 4) is 0 Å². The third-order valence-electron chi connectivity index (χ3n) is 1.29. The van der Waals surface area contributed by atoms with Gasteiger partial charge in [0, 0.05) is 6.54 Å². The summed E-state index contributed by atoms with van der Waals surface area (Å²) in [5, 5.41) is 23.9. The summed E-state index contributed by atoms with van der Waals surface area (Å²) in [6.07, 6.45) is -0.358. The highest BCUT2D eigenvalue weighted by Gasteiger charge is 2.07. The van der Waals surface area contributed by atoms with Gasteiger partial charge in [0.1, 0.15) is 0 Å². The Kier molecular flexibility index (Phi) is 9.53. The van der Waals surface area contributed by atoms with E-state index >= 15 is 0 Å². The summed E-state index contributed by atoms with van der Waals surface area (Å²) in [6.45, 7) is 2.69. The van der Waals surface area contributed by atoms with Crippen LogP contribution in [0.1, 0.15) is 19.8 Å². The molecule has 8 heteroatoms. The van der Waals surface area contributed by atoms with E-state index in [1.807, 2.05) is 0 Å². The predicted octanol–water partition coefficient (Wildman–Crippen LogP) is -2.22. The molecular weight excluding hydrogens is 220 g/mol. The van der Waals surface area contributed by atoms with Crippen LogP contribution in [0.2, 0.25) is 0 Å². The fourth-order valence-corrected chi connectivity index (χ4v) is 0.855. The second-order valence-electron chi connectivity index (χ2n) is 2.48. The normalized spacial score (nSPS) is 8.33. The van der Waals surface area contributed by atoms with Crippen LogP contribution in [0, 0.1) is 5.41 Å². The first-order valence-corrected chi connectivity index (χ1v) is 4.52. The van der Waals surface area contributed by atoms with E-state index in [0.717, 1.165) is 12.8 Å². The molecule has 0 amide bonds. The maximum atomic E-state index is 8.33. The van der Waals surface area contributed by atoms with Crippen LogP contribution in [-0.4, -0.2) is 28.7 Å². The van der Waals surface area contributed by atoms with Crippen LogP contribution in [0.4, 0.5) is 4.79 Å². The Morgan fingerprint density at radius 3 is 2.07 bits per heavy atom. The molecule has 0 aliphatic rings. The second-order valence-corrected chi connectivity index (χ2v) is 2.90. The molecule has 0 saturated heterocycles. The van der Waals surface area contributed by atoms with Gasteiger partial charge in [-0.2, -0.15) is 0 Å². The summed E-state index contributed by atoms with van der Waals surface area (Å²) >= 11 is 4.69. The number of guanidine groups is 1. The van der Waals surface area contributed by atoms with Crippen LogP contribution in [0.3, 0.4) is 0 Å². The van der Waals surface area contributed by atoms with Gasteiger partial charge in [0.05, 0.1) is 0 Å². The molecule has 0 heterocycles. The minimum absolute atomic E-state index is 0.0778. The van der Waals surface area contributed by atoms with Gasteiger partial charge < -0.3 is 26.5 Å². The third kappa shape index (κ3) is 12.4. The van der Waals surface area contributed by atoms with Crippen molar-refractivity contribution in [3.05, 3.63) is 0 Å². The lowest BCUT2D eigenvalue weighted by Gasteiger charge is -2.19. The Morgan fingerprint density at radius 1 is 1.47 bits per heavy atom. The van der Waals surface area contributed by atoms with Crippen LogP contribution in [0.5, 0.6) is 0 Å². The summed E-state index contributed by atoms with van der Waals surface area (Å²) in [7, 11) is 0. The second kappa shape index (κ2) is 9.00. The van der Waals surface area contributed by atoms with Crippen molar-refractivity contribution in [2.24, 2.45) is 11.5 Å². The van der Waals surface area contributed by atoms with E-state index < -0.39 is 6.16 Å². The monoisotopic (exact) mass is 234 g/mol. The van der Waals surface area contributed by atoms with Gasteiger partial charge in [-0.25, -0.2) is 0 Å². The number of carboxylic acid groups (broad SMARTS) is 2. The van der Waals surface area contributed by atoms with Gasteiger partial charge in [-0.3, -0.25) is 10.3 Å². The Morgan fingerprint density at radius 2 is 1.87 bits per heavy atom. The summed E-state index contributed by atoms with van der Waals surface area (Å²) in [6, 6.07) is 0. The van der Waals surface area contributed by atoms with E-state index in [-0.39, 0.29) is 11.1 Å². The number of rotatable bonds is 3. The number of nitrogens with one attached hydrogen (secondary N) is 1. The van der Waals surface area contributed by atoms with Crippen molar-refractivity contribution < 1.29 is 15.0 Å². The van der Waals surface area contributed by atoms with Crippen molar-refractivity contribution in [1.29, 1.82) is 5.41 Å². The van der Waals surface area contributed by atoms with Gasteiger partial charge in [-0.05, 0) is 24.8 Å². The highest BCUT2D eigenvalue weighted by atomic mass is 32.1. The minimum atomic E-state index is -2.33. The molecule has 0 aromatic rings. The molecule has 7 nitrogen and oxygen atoms in total. The lowest BCUT2D eigenvalue weighted by Crippen LogP contribution is -2.44. The predicted molar refractivity (Wildman–Crippen MR) is 55.7 cm³/mol. The van der Waals surface area contributed by atoms with Crippen molar-refractivity contribution in [3.63, 3.8) is 0 Å². The number of carbonyl (C=O) groups is 1. The van der Waals surface area contributed by atoms with E-state index in [1.165, 1.54) is 4.90 Å². The summed E-state index contributed by atoms with van der Waals surface area (Å²) in [5.74, 6) is -0.0778. The summed E-state index contributed by atoms with van der Waals surface area (Å²) in [4.78, 5) is 9.75. The van der Waals surface area contributed by atoms with Crippen molar-refractivity contribution in [2.75, 3.05) is 6.54 Å². The first-order valence-electron chi connectivity index (χ1n) is 4.11. The zero-order chi connectivity index (χ0) is 12.4. The lowest BCUT2D eigenvalue weighted by atomic mass is 10.3. The quantitative estimate of drug-likeness (QED) is 0.285. The van der Waals surface area contributed by atoms with Gasteiger partial charge in [0.2, 0.25) is 0 Å². The fourth-order valence-electron chi connectivity index (χ4n) is 0.666. The largest absolute Gasteiger partial charge is 0.652 e. The molecule has 0 atom stereocenters. The Hall–Kier alpha value is -1.57. The molecule has 0 spiro atoms.